The maximum atomic E-state index is 14.7. The molecule has 4 rings (SSSR count). The van der Waals surface area contributed by atoms with Gasteiger partial charge < -0.3 is 24.9 Å². The first-order chi connectivity index (χ1) is 15.5. The van der Waals surface area contributed by atoms with Crippen molar-refractivity contribution in [3.63, 3.8) is 0 Å². The fraction of sp³-hybridized carbons (Fsp3) is 0.333. The predicted molar refractivity (Wildman–Crippen MR) is 109 cm³/mol. The van der Waals surface area contributed by atoms with E-state index in [1.165, 1.54) is 0 Å². The Kier molecular flexibility index (Phi) is 5.64. The van der Waals surface area contributed by atoms with E-state index in [4.69, 9.17) is 9.47 Å². The third-order valence-electron chi connectivity index (χ3n) is 5.24. The summed E-state index contributed by atoms with van der Waals surface area (Å²) in [6.07, 6.45) is -3.30. The molecule has 0 amide bonds. The van der Waals surface area contributed by atoms with Crippen molar-refractivity contribution in [3.05, 3.63) is 47.8 Å². The standard InChI is InChI=1S/C21H19F5N4O3/c1-20(2,9-31)15-8-29-19(33-15)30-10-5-12(22)17(13(23)6-10)32-14-3-4-27-18-16(14)11(7-28-18)21(24,25)26/h3-7,15,31H,8-9H2,1-2H3,(H,27,28)(H,29,30)/t15-/m0/s1. The van der Waals surface area contributed by atoms with E-state index < -0.39 is 51.8 Å². The van der Waals surface area contributed by atoms with Gasteiger partial charge in [-0.3, -0.25) is 0 Å². The highest BCUT2D eigenvalue weighted by Gasteiger charge is 2.36. The number of nitrogens with zero attached hydrogens (tertiary/aromatic N) is 2. The van der Waals surface area contributed by atoms with Crippen molar-refractivity contribution in [3.8, 4) is 11.5 Å². The van der Waals surface area contributed by atoms with E-state index in [2.05, 4.69) is 20.3 Å². The van der Waals surface area contributed by atoms with Crippen LogP contribution in [0.5, 0.6) is 11.5 Å². The minimum absolute atomic E-state index is 0.0203. The molecule has 1 aliphatic rings. The fourth-order valence-electron chi connectivity index (χ4n) is 3.25. The molecule has 1 atom stereocenters. The maximum absolute atomic E-state index is 14.7. The lowest BCUT2D eigenvalue weighted by atomic mass is 9.88. The van der Waals surface area contributed by atoms with Crippen LogP contribution in [0.3, 0.4) is 0 Å². The van der Waals surface area contributed by atoms with Crippen molar-refractivity contribution in [1.82, 2.24) is 9.97 Å². The van der Waals surface area contributed by atoms with Crippen LogP contribution in [-0.4, -0.2) is 40.4 Å². The van der Waals surface area contributed by atoms with E-state index in [-0.39, 0.29) is 30.5 Å². The van der Waals surface area contributed by atoms with E-state index in [1.807, 2.05) is 0 Å². The average Bonchev–Trinajstić information content (AvgIpc) is 3.38. The van der Waals surface area contributed by atoms with Crippen molar-refractivity contribution in [2.75, 3.05) is 18.5 Å². The van der Waals surface area contributed by atoms with Crippen LogP contribution in [0.15, 0.2) is 35.6 Å². The van der Waals surface area contributed by atoms with Crippen LogP contribution in [0.25, 0.3) is 11.0 Å². The zero-order chi connectivity index (χ0) is 24.0. The largest absolute Gasteiger partial charge is 0.459 e. The number of nitrogens with one attached hydrogen (secondary N) is 2. The molecule has 3 heterocycles. The summed E-state index contributed by atoms with van der Waals surface area (Å²) in [5.74, 6) is -3.60. The predicted octanol–water partition coefficient (Wildman–Crippen LogP) is 4.84. The van der Waals surface area contributed by atoms with Gasteiger partial charge in [0.15, 0.2) is 17.4 Å². The van der Waals surface area contributed by atoms with Crippen molar-refractivity contribution in [1.29, 1.82) is 0 Å². The molecule has 0 spiro atoms. The summed E-state index contributed by atoms with van der Waals surface area (Å²) < 4.78 is 80.1. The van der Waals surface area contributed by atoms with Gasteiger partial charge in [-0.05, 0) is 6.07 Å². The SMILES string of the molecule is CC(C)(CO)[C@@H]1CN=C(Nc2cc(F)c(Oc3ccnc4[nH]cc(C(F)(F)F)c34)c(F)c2)O1. The highest BCUT2D eigenvalue weighted by Crippen LogP contribution is 2.41. The van der Waals surface area contributed by atoms with Gasteiger partial charge in [0.2, 0.25) is 0 Å². The normalized spacial score (nSPS) is 16.6. The van der Waals surface area contributed by atoms with Crippen molar-refractivity contribution in [2.24, 2.45) is 10.4 Å². The van der Waals surface area contributed by atoms with E-state index in [1.54, 1.807) is 13.8 Å². The minimum Gasteiger partial charge on any atom is -0.459 e. The summed E-state index contributed by atoms with van der Waals surface area (Å²) in [7, 11) is 0. The minimum atomic E-state index is -4.73. The number of aromatic nitrogens is 2. The first kappa shape index (κ1) is 22.8. The Morgan fingerprint density at radius 1 is 1.24 bits per heavy atom. The summed E-state index contributed by atoms with van der Waals surface area (Å²) >= 11 is 0. The third-order valence-corrected chi connectivity index (χ3v) is 5.24. The Morgan fingerprint density at radius 2 is 1.94 bits per heavy atom. The molecular formula is C21H19F5N4O3. The highest BCUT2D eigenvalue weighted by atomic mass is 19.4. The number of rotatable bonds is 5. The number of amidine groups is 1. The van der Waals surface area contributed by atoms with Gasteiger partial charge in [-0.1, -0.05) is 13.8 Å². The Hall–Kier alpha value is -3.41. The number of aliphatic hydroxyl groups excluding tert-OH is 1. The van der Waals surface area contributed by atoms with E-state index in [0.29, 0.717) is 6.20 Å². The number of H-pyrrole nitrogens is 1. The number of alkyl halides is 3. The van der Waals surface area contributed by atoms with Gasteiger partial charge in [-0.25, -0.2) is 18.8 Å². The molecule has 0 radical (unpaired) electrons. The Bertz CT molecular complexity index is 1200. The number of anilines is 1. The molecule has 3 N–H and O–H groups in total. The molecule has 0 fully saturated rings. The lowest BCUT2D eigenvalue weighted by Crippen LogP contribution is -2.36. The molecule has 0 aliphatic carbocycles. The molecular weight excluding hydrogens is 451 g/mol. The lowest BCUT2D eigenvalue weighted by molar-refractivity contribution is -0.136. The van der Waals surface area contributed by atoms with Crippen LogP contribution in [0, 0.1) is 17.0 Å². The van der Waals surface area contributed by atoms with Crippen LogP contribution >= 0.6 is 0 Å². The van der Waals surface area contributed by atoms with E-state index >= 15 is 0 Å². The van der Waals surface area contributed by atoms with Crippen LogP contribution in [-0.2, 0) is 10.9 Å². The first-order valence-electron chi connectivity index (χ1n) is 9.79. The van der Waals surface area contributed by atoms with Gasteiger partial charge in [-0.15, -0.1) is 0 Å². The highest BCUT2D eigenvalue weighted by molar-refractivity contribution is 5.90. The molecule has 176 valence electrons. The van der Waals surface area contributed by atoms with Gasteiger partial charge >= 0.3 is 6.18 Å². The summed E-state index contributed by atoms with van der Waals surface area (Å²) in [4.78, 5) is 10.3. The molecule has 12 heteroatoms. The smallest absolute Gasteiger partial charge is 0.418 e. The summed E-state index contributed by atoms with van der Waals surface area (Å²) in [6, 6.07) is 2.90. The molecule has 0 unspecified atom stereocenters. The van der Waals surface area contributed by atoms with Gasteiger partial charge in [0.1, 0.15) is 17.5 Å². The molecule has 7 nitrogen and oxygen atoms in total. The van der Waals surface area contributed by atoms with Gasteiger partial charge in [-0.2, -0.15) is 13.2 Å². The monoisotopic (exact) mass is 470 g/mol. The maximum Gasteiger partial charge on any atom is 0.418 e. The van der Waals surface area contributed by atoms with Crippen LogP contribution in [0.1, 0.15) is 19.4 Å². The second-order valence-electron chi connectivity index (χ2n) is 8.13. The molecule has 1 aliphatic heterocycles. The second-order valence-corrected chi connectivity index (χ2v) is 8.13. The Morgan fingerprint density at radius 3 is 2.58 bits per heavy atom. The number of hydrogen-bond donors (Lipinski definition) is 3. The van der Waals surface area contributed by atoms with E-state index in [9.17, 15) is 27.1 Å². The van der Waals surface area contributed by atoms with Crippen LogP contribution < -0.4 is 10.1 Å². The molecule has 0 bridgehead atoms. The number of fused-ring (bicyclic) bond motifs is 1. The third kappa shape index (κ3) is 4.42. The topological polar surface area (TPSA) is 91.8 Å². The van der Waals surface area contributed by atoms with Crippen LogP contribution in [0.4, 0.5) is 27.6 Å². The van der Waals surface area contributed by atoms with E-state index in [0.717, 1.165) is 24.4 Å². The fourth-order valence-corrected chi connectivity index (χ4v) is 3.25. The van der Waals surface area contributed by atoms with Gasteiger partial charge in [0.05, 0.1) is 24.1 Å². The molecule has 0 saturated carbocycles. The second kappa shape index (κ2) is 8.18. The number of aromatic amines is 1. The quantitative estimate of drug-likeness (QED) is 0.465. The number of halogens is 5. The lowest BCUT2D eigenvalue weighted by Gasteiger charge is -2.28. The summed E-state index contributed by atoms with van der Waals surface area (Å²) in [5.41, 5.74) is -1.84. The zero-order valence-electron chi connectivity index (χ0n) is 17.4. The molecule has 3 aromatic rings. The first-order valence-corrected chi connectivity index (χ1v) is 9.79. The van der Waals surface area contributed by atoms with Crippen molar-refractivity contribution < 1.29 is 36.5 Å². The van der Waals surface area contributed by atoms with Gasteiger partial charge in [0.25, 0.3) is 6.02 Å². The average molecular weight is 470 g/mol. The van der Waals surface area contributed by atoms with Gasteiger partial charge in [0, 0.05) is 35.6 Å². The number of aliphatic imine (C=N–C) groups is 1. The van der Waals surface area contributed by atoms with Crippen molar-refractivity contribution >= 4 is 22.7 Å². The molecule has 2 aromatic heterocycles. The summed E-state index contributed by atoms with van der Waals surface area (Å²) in [5, 5.41) is 11.6. The molecule has 1 aromatic carbocycles. The number of pyridine rings is 1. The Balaban J connectivity index is 1.58. The van der Waals surface area contributed by atoms with Crippen molar-refractivity contribution in [2.45, 2.75) is 26.1 Å². The number of hydrogen-bond acceptors (Lipinski definition) is 6. The number of ether oxygens (including phenoxy) is 2. The van der Waals surface area contributed by atoms with Crippen LogP contribution in [0.2, 0.25) is 0 Å². The Labute approximate surface area is 184 Å². The zero-order valence-corrected chi connectivity index (χ0v) is 17.4. The molecule has 33 heavy (non-hydrogen) atoms. The summed E-state index contributed by atoms with van der Waals surface area (Å²) in [6.45, 7) is 3.67. The number of benzene rings is 1. The molecule has 0 saturated heterocycles. The number of aliphatic hydroxyl groups is 1.